The number of H-pyrrole nitrogens is 1. The van der Waals surface area contributed by atoms with Gasteiger partial charge in [-0.2, -0.15) is 0 Å². The third kappa shape index (κ3) is 4.56. The first kappa shape index (κ1) is 21.6. The molecule has 0 aliphatic carbocycles. The molecule has 2 aromatic rings. The van der Waals surface area contributed by atoms with Gasteiger partial charge >= 0.3 is 0 Å². The van der Waals surface area contributed by atoms with Crippen LogP contribution in [-0.4, -0.2) is 62.3 Å². The van der Waals surface area contributed by atoms with E-state index in [4.69, 9.17) is 18.9 Å². The fourth-order valence-corrected chi connectivity index (χ4v) is 3.72. The lowest BCUT2D eigenvalue weighted by molar-refractivity contribution is 0.0703. The molecule has 1 unspecified atom stereocenters. The number of amides is 1. The van der Waals surface area contributed by atoms with Gasteiger partial charge in [0.05, 0.1) is 33.6 Å². The van der Waals surface area contributed by atoms with E-state index in [-0.39, 0.29) is 24.0 Å². The minimum Gasteiger partial charge on any atom is -0.493 e. The molecule has 1 aromatic heterocycles. The molecule has 0 radical (unpaired) electrons. The number of aromatic amines is 1. The molecule has 0 saturated carbocycles. The van der Waals surface area contributed by atoms with E-state index in [9.17, 15) is 9.59 Å². The molecule has 2 heterocycles. The number of methoxy groups -OCH3 is 4. The molecule has 30 heavy (non-hydrogen) atoms. The van der Waals surface area contributed by atoms with E-state index < -0.39 is 0 Å². The van der Waals surface area contributed by atoms with Gasteiger partial charge in [0.2, 0.25) is 5.75 Å². The summed E-state index contributed by atoms with van der Waals surface area (Å²) in [6.07, 6.45) is 1.64. The van der Waals surface area contributed by atoms with Crippen LogP contribution >= 0.6 is 0 Å². The lowest BCUT2D eigenvalue weighted by Gasteiger charge is -2.32. The number of nitrogens with one attached hydrogen (secondary N) is 1. The highest BCUT2D eigenvalue weighted by atomic mass is 16.5. The topological polar surface area (TPSA) is 103 Å². The van der Waals surface area contributed by atoms with E-state index in [0.717, 1.165) is 12.8 Å². The summed E-state index contributed by atoms with van der Waals surface area (Å²) in [6, 6.07) is 4.72. The van der Waals surface area contributed by atoms with Crippen molar-refractivity contribution in [2.24, 2.45) is 0 Å². The molecule has 0 bridgehead atoms. The van der Waals surface area contributed by atoms with E-state index in [0.29, 0.717) is 47.4 Å². The Morgan fingerprint density at radius 2 is 1.83 bits per heavy atom. The van der Waals surface area contributed by atoms with Gasteiger partial charge in [0.1, 0.15) is 5.82 Å². The summed E-state index contributed by atoms with van der Waals surface area (Å²) in [7, 11) is 6.10. The van der Waals surface area contributed by atoms with Crippen LogP contribution in [0.2, 0.25) is 0 Å². The summed E-state index contributed by atoms with van der Waals surface area (Å²) >= 11 is 0. The minimum absolute atomic E-state index is 0.0609. The zero-order chi connectivity index (χ0) is 21.7. The third-order valence-electron chi connectivity index (χ3n) is 5.11. The smallest absolute Gasteiger partial charge is 0.254 e. The SMILES string of the molecule is COCc1cc(=O)[nH]c(C2CCCN(C(=O)c3cc(OC)c(OC)c(OC)c3)C2)n1. The highest BCUT2D eigenvalue weighted by molar-refractivity contribution is 5.95. The zero-order valence-corrected chi connectivity index (χ0v) is 17.7. The number of nitrogens with zero attached hydrogens (tertiary/aromatic N) is 2. The summed E-state index contributed by atoms with van der Waals surface area (Å²) < 4.78 is 21.1. The highest BCUT2D eigenvalue weighted by Crippen LogP contribution is 2.38. The monoisotopic (exact) mass is 417 g/mol. The minimum atomic E-state index is -0.222. The molecular weight excluding hydrogens is 390 g/mol. The molecule has 0 spiro atoms. The number of aromatic nitrogens is 2. The fraction of sp³-hybridized carbons (Fsp3) is 0.476. The van der Waals surface area contributed by atoms with Gasteiger partial charge in [0.15, 0.2) is 11.5 Å². The number of benzene rings is 1. The van der Waals surface area contributed by atoms with Crippen LogP contribution in [0.25, 0.3) is 0 Å². The fourth-order valence-electron chi connectivity index (χ4n) is 3.72. The standard InChI is InChI=1S/C21H27N3O6/c1-27-12-15-10-18(25)23-20(22-15)13-6-5-7-24(11-13)21(26)14-8-16(28-2)19(30-4)17(9-14)29-3/h8-10,13H,5-7,11-12H2,1-4H3,(H,22,23,25). The molecule has 1 N–H and O–H groups in total. The molecule has 1 amide bonds. The van der Waals surface area contributed by atoms with Crippen molar-refractivity contribution in [3.05, 3.63) is 45.6 Å². The van der Waals surface area contributed by atoms with Crippen LogP contribution in [0, 0.1) is 0 Å². The number of hydrogen-bond acceptors (Lipinski definition) is 7. The van der Waals surface area contributed by atoms with Crippen molar-refractivity contribution in [3.8, 4) is 17.2 Å². The lowest BCUT2D eigenvalue weighted by atomic mass is 9.96. The molecular formula is C21H27N3O6. The van der Waals surface area contributed by atoms with E-state index in [1.807, 2.05) is 0 Å². The van der Waals surface area contributed by atoms with Gasteiger partial charge in [-0.25, -0.2) is 4.98 Å². The first-order valence-electron chi connectivity index (χ1n) is 9.69. The quantitative estimate of drug-likeness (QED) is 0.735. The molecule has 1 fully saturated rings. The van der Waals surface area contributed by atoms with Crippen molar-refractivity contribution >= 4 is 5.91 Å². The molecule has 3 rings (SSSR count). The number of rotatable bonds is 7. The Labute approximate surface area is 174 Å². The molecule has 1 aliphatic heterocycles. The van der Waals surface area contributed by atoms with Gasteiger partial charge in [-0.15, -0.1) is 0 Å². The number of likely N-dealkylation sites (tertiary alicyclic amines) is 1. The summed E-state index contributed by atoms with van der Waals surface area (Å²) in [6.45, 7) is 1.33. The molecule has 1 atom stereocenters. The van der Waals surface area contributed by atoms with E-state index in [1.54, 1.807) is 24.1 Å². The Hall–Kier alpha value is -3.07. The summed E-state index contributed by atoms with van der Waals surface area (Å²) in [5.41, 5.74) is 0.796. The number of piperidine rings is 1. The molecule has 162 valence electrons. The highest BCUT2D eigenvalue weighted by Gasteiger charge is 2.28. The number of ether oxygens (including phenoxy) is 4. The van der Waals surface area contributed by atoms with Crippen LogP contribution in [0.4, 0.5) is 0 Å². The maximum atomic E-state index is 13.2. The van der Waals surface area contributed by atoms with Crippen LogP contribution in [0.5, 0.6) is 17.2 Å². The van der Waals surface area contributed by atoms with Gasteiger partial charge in [-0.1, -0.05) is 0 Å². The van der Waals surface area contributed by atoms with Gasteiger partial charge in [0, 0.05) is 37.7 Å². The van der Waals surface area contributed by atoms with Gasteiger partial charge in [-0.05, 0) is 25.0 Å². The molecule has 1 aliphatic rings. The Morgan fingerprint density at radius 3 is 2.43 bits per heavy atom. The molecule has 1 aromatic carbocycles. The number of carbonyl (C=O) groups is 1. The Bertz CT molecular complexity index is 933. The van der Waals surface area contributed by atoms with Crippen molar-refractivity contribution in [2.75, 3.05) is 41.5 Å². The predicted octanol–water partition coefficient (Wildman–Crippen LogP) is 1.96. The number of hydrogen-bond donors (Lipinski definition) is 1. The Morgan fingerprint density at radius 1 is 1.13 bits per heavy atom. The summed E-state index contributed by atoms with van der Waals surface area (Å²) in [5.74, 6) is 1.66. The van der Waals surface area contributed by atoms with Crippen molar-refractivity contribution in [2.45, 2.75) is 25.4 Å². The van der Waals surface area contributed by atoms with Crippen LogP contribution in [0.1, 0.15) is 40.6 Å². The predicted molar refractivity (Wildman–Crippen MR) is 110 cm³/mol. The van der Waals surface area contributed by atoms with Crippen molar-refractivity contribution in [3.63, 3.8) is 0 Å². The summed E-state index contributed by atoms with van der Waals surface area (Å²) in [4.78, 5) is 34.3. The average Bonchev–Trinajstić information content (AvgIpc) is 2.77. The number of carbonyl (C=O) groups excluding carboxylic acids is 1. The van der Waals surface area contributed by atoms with Crippen LogP contribution in [0.15, 0.2) is 23.0 Å². The van der Waals surface area contributed by atoms with Gasteiger partial charge in [0.25, 0.3) is 11.5 Å². The van der Waals surface area contributed by atoms with Crippen LogP contribution in [-0.2, 0) is 11.3 Å². The summed E-state index contributed by atoms with van der Waals surface area (Å²) in [5, 5.41) is 0. The lowest BCUT2D eigenvalue weighted by Crippen LogP contribution is -2.40. The maximum absolute atomic E-state index is 13.2. The van der Waals surface area contributed by atoms with Crippen LogP contribution < -0.4 is 19.8 Å². The largest absolute Gasteiger partial charge is 0.493 e. The van der Waals surface area contributed by atoms with E-state index >= 15 is 0 Å². The Balaban J connectivity index is 1.85. The molecule has 1 saturated heterocycles. The van der Waals surface area contributed by atoms with Crippen molar-refractivity contribution in [1.29, 1.82) is 0 Å². The second-order valence-corrected chi connectivity index (χ2v) is 7.06. The zero-order valence-electron chi connectivity index (χ0n) is 17.7. The molecule has 9 heteroatoms. The van der Waals surface area contributed by atoms with Crippen LogP contribution in [0.3, 0.4) is 0 Å². The average molecular weight is 417 g/mol. The Kier molecular flexibility index (Phi) is 6.94. The van der Waals surface area contributed by atoms with E-state index in [1.165, 1.54) is 27.4 Å². The van der Waals surface area contributed by atoms with Gasteiger partial charge < -0.3 is 28.8 Å². The van der Waals surface area contributed by atoms with Gasteiger partial charge in [-0.3, -0.25) is 9.59 Å². The first-order valence-corrected chi connectivity index (χ1v) is 9.69. The van der Waals surface area contributed by atoms with Crippen molar-refractivity contribution in [1.82, 2.24) is 14.9 Å². The second kappa shape index (κ2) is 9.62. The third-order valence-corrected chi connectivity index (χ3v) is 5.11. The first-order chi connectivity index (χ1) is 14.5. The van der Waals surface area contributed by atoms with Crippen molar-refractivity contribution < 1.29 is 23.7 Å². The normalized spacial score (nSPS) is 16.3. The molecule has 9 nitrogen and oxygen atoms in total. The van der Waals surface area contributed by atoms with E-state index in [2.05, 4.69) is 9.97 Å². The maximum Gasteiger partial charge on any atom is 0.254 e. The second-order valence-electron chi connectivity index (χ2n) is 7.06.